The Morgan fingerprint density at radius 2 is 2.06 bits per heavy atom. The van der Waals surface area contributed by atoms with Gasteiger partial charge in [0, 0.05) is 18.6 Å². The monoisotopic (exact) mass is 229 g/mol. The van der Waals surface area contributed by atoms with Gasteiger partial charge in [0.1, 0.15) is 6.04 Å². The predicted octanol–water partition coefficient (Wildman–Crippen LogP) is -0.138. The minimum atomic E-state index is -0.946. The second-order valence-electron chi connectivity index (χ2n) is 4.90. The largest absolute Gasteiger partial charge is 0.480 e. The fourth-order valence-corrected chi connectivity index (χ4v) is 2.36. The maximum absolute atomic E-state index is 10.6. The Labute approximate surface area is 97.0 Å². The first-order chi connectivity index (χ1) is 7.48. The second kappa shape index (κ2) is 5.61. The van der Waals surface area contributed by atoms with Crippen molar-refractivity contribution in [3.8, 4) is 0 Å². The first-order valence-electron chi connectivity index (χ1n) is 5.84. The number of likely N-dealkylation sites (N-methyl/N-ethyl adjacent to an activating group) is 1. The Balaban J connectivity index is 2.37. The summed E-state index contributed by atoms with van der Waals surface area (Å²) in [5.74, 6) is -0.946. The van der Waals surface area contributed by atoms with E-state index in [2.05, 4.69) is 24.3 Å². The number of hydrogen-bond donors (Lipinski definition) is 3. The lowest BCUT2D eigenvalue weighted by Gasteiger charge is -2.36. The molecule has 4 N–H and O–H groups in total. The Morgan fingerprint density at radius 1 is 1.50 bits per heavy atom. The van der Waals surface area contributed by atoms with Gasteiger partial charge in [0.15, 0.2) is 0 Å². The van der Waals surface area contributed by atoms with E-state index in [0.29, 0.717) is 6.54 Å². The second-order valence-corrected chi connectivity index (χ2v) is 4.90. The minimum absolute atomic E-state index is 0.193. The SMILES string of the molecule is CN(C)C1(CNCC(N)C(=O)O)CCCC1. The first kappa shape index (κ1) is 13.4. The first-order valence-corrected chi connectivity index (χ1v) is 5.84. The average Bonchev–Trinajstić information content (AvgIpc) is 2.67. The van der Waals surface area contributed by atoms with Gasteiger partial charge in [-0.3, -0.25) is 4.79 Å². The molecule has 5 nitrogen and oxygen atoms in total. The quantitative estimate of drug-likeness (QED) is 0.591. The number of hydrogen-bond acceptors (Lipinski definition) is 4. The van der Waals surface area contributed by atoms with Gasteiger partial charge in [-0.2, -0.15) is 0 Å². The van der Waals surface area contributed by atoms with Crippen molar-refractivity contribution in [2.75, 3.05) is 27.2 Å². The lowest BCUT2D eigenvalue weighted by Crippen LogP contribution is -2.52. The normalized spacial score (nSPS) is 21.2. The van der Waals surface area contributed by atoms with Crippen LogP contribution in [0.1, 0.15) is 25.7 Å². The zero-order valence-corrected chi connectivity index (χ0v) is 10.2. The van der Waals surface area contributed by atoms with Crippen LogP contribution >= 0.6 is 0 Å². The van der Waals surface area contributed by atoms with E-state index in [1.165, 1.54) is 25.7 Å². The number of carbonyl (C=O) groups is 1. The van der Waals surface area contributed by atoms with Gasteiger partial charge in [-0.1, -0.05) is 12.8 Å². The Morgan fingerprint density at radius 3 is 2.50 bits per heavy atom. The molecule has 0 aromatic carbocycles. The summed E-state index contributed by atoms with van der Waals surface area (Å²) in [7, 11) is 4.17. The molecule has 1 fully saturated rings. The zero-order valence-electron chi connectivity index (χ0n) is 10.2. The van der Waals surface area contributed by atoms with Gasteiger partial charge in [-0.25, -0.2) is 0 Å². The molecule has 0 aromatic heterocycles. The van der Waals surface area contributed by atoms with Crippen molar-refractivity contribution in [1.82, 2.24) is 10.2 Å². The van der Waals surface area contributed by atoms with Crippen LogP contribution in [0.5, 0.6) is 0 Å². The highest BCUT2D eigenvalue weighted by atomic mass is 16.4. The van der Waals surface area contributed by atoms with Crippen LogP contribution in [-0.4, -0.2) is 54.7 Å². The van der Waals surface area contributed by atoms with E-state index < -0.39 is 12.0 Å². The molecule has 1 atom stereocenters. The third-order valence-corrected chi connectivity index (χ3v) is 3.62. The van der Waals surface area contributed by atoms with Crippen LogP contribution in [0, 0.1) is 0 Å². The summed E-state index contributed by atoms with van der Waals surface area (Å²) < 4.78 is 0. The third-order valence-electron chi connectivity index (χ3n) is 3.62. The molecule has 1 rings (SSSR count). The number of carboxylic acids is 1. The average molecular weight is 229 g/mol. The van der Waals surface area contributed by atoms with Gasteiger partial charge in [0.25, 0.3) is 0 Å². The van der Waals surface area contributed by atoms with E-state index in [1.54, 1.807) is 0 Å². The van der Waals surface area contributed by atoms with Crippen molar-refractivity contribution in [3.05, 3.63) is 0 Å². The van der Waals surface area contributed by atoms with Crippen LogP contribution < -0.4 is 11.1 Å². The minimum Gasteiger partial charge on any atom is -0.480 e. The van der Waals surface area contributed by atoms with E-state index in [1.807, 2.05) is 0 Å². The number of aliphatic carboxylic acids is 1. The van der Waals surface area contributed by atoms with Gasteiger partial charge in [-0.05, 0) is 26.9 Å². The molecule has 0 aromatic rings. The Bertz CT molecular complexity index is 237. The summed E-state index contributed by atoms with van der Waals surface area (Å²) in [6.07, 6.45) is 4.86. The van der Waals surface area contributed by atoms with Crippen LogP contribution in [0.25, 0.3) is 0 Å². The molecule has 1 aliphatic rings. The van der Waals surface area contributed by atoms with Crippen molar-refractivity contribution in [2.45, 2.75) is 37.3 Å². The van der Waals surface area contributed by atoms with Crippen LogP contribution in [0.2, 0.25) is 0 Å². The zero-order chi connectivity index (χ0) is 12.2. The molecule has 16 heavy (non-hydrogen) atoms. The molecule has 0 radical (unpaired) electrons. The van der Waals surface area contributed by atoms with Crippen molar-refractivity contribution in [1.29, 1.82) is 0 Å². The molecular weight excluding hydrogens is 206 g/mol. The molecule has 1 aliphatic carbocycles. The van der Waals surface area contributed by atoms with E-state index in [-0.39, 0.29) is 5.54 Å². The highest BCUT2D eigenvalue weighted by Gasteiger charge is 2.35. The highest BCUT2D eigenvalue weighted by Crippen LogP contribution is 2.32. The molecular formula is C11H23N3O2. The number of carboxylic acid groups (broad SMARTS) is 1. The molecule has 94 valence electrons. The molecule has 1 unspecified atom stereocenters. The topological polar surface area (TPSA) is 78.6 Å². The van der Waals surface area contributed by atoms with E-state index in [0.717, 1.165) is 6.54 Å². The molecule has 0 saturated heterocycles. The summed E-state index contributed by atoms with van der Waals surface area (Å²) in [6, 6.07) is -0.805. The standard InChI is InChI=1S/C11H23N3O2/c1-14(2)11(5-3-4-6-11)8-13-7-9(12)10(15)16/h9,13H,3-8,12H2,1-2H3,(H,15,16). The van der Waals surface area contributed by atoms with Crippen molar-refractivity contribution < 1.29 is 9.90 Å². The molecule has 5 heteroatoms. The summed E-state index contributed by atoms with van der Waals surface area (Å²) >= 11 is 0. The highest BCUT2D eigenvalue weighted by molar-refractivity contribution is 5.73. The number of nitrogens with zero attached hydrogens (tertiary/aromatic N) is 1. The van der Waals surface area contributed by atoms with E-state index in [9.17, 15) is 4.79 Å². The maximum atomic E-state index is 10.6. The fraction of sp³-hybridized carbons (Fsp3) is 0.909. The third kappa shape index (κ3) is 3.17. The lowest BCUT2D eigenvalue weighted by molar-refractivity contribution is -0.138. The van der Waals surface area contributed by atoms with E-state index >= 15 is 0 Å². The summed E-state index contributed by atoms with van der Waals surface area (Å²) in [5.41, 5.74) is 5.64. The van der Waals surface area contributed by atoms with Gasteiger partial charge < -0.3 is 21.1 Å². The van der Waals surface area contributed by atoms with Gasteiger partial charge >= 0.3 is 5.97 Å². The van der Waals surface area contributed by atoms with Gasteiger partial charge in [-0.15, -0.1) is 0 Å². The van der Waals surface area contributed by atoms with Crippen LogP contribution in [-0.2, 0) is 4.79 Å². The number of nitrogens with two attached hydrogens (primary N) is 1. The molecule has 0 bridgehead atoms. The smallest absolute Gasteiger partial charge is 0.321 e. The van der Waals surface area contributed by atoms with Crippen molar-refractivity contribution >= 4 is 5.97 Å². The van der Waals surface area contributed by atoms with Gasteiger partial charge in [0.2, 0.25) is 0 Å². The molecule has 0 aliphatic heterocycles. The van der Waals surface area contributed by atoms with Crippen LogP contribution in [0.4, 0.5) is 0 Å². The van der Waals surface area contributed by atoms with Crippen molar-refractivity contribution in [3.63, 3.8) is 0 Å². The molecule has 1 saturated carbocycles. The fourth-order valence-electron chi connectivity index (χ4n) is 2.36. The van der Waals surface area contributed by atoms with Crippen LogP contribution in [0.15, 0.2) is 0 Å². The maximum Gasteiger partial charge on any atom is 0.321 e. The molecule has 0 heterocycles. The Kier molecular flexibility index (Phi) is 4.70. The van der Waals surface area contributed by atoms with E-state index in [4.69, 9.17) is 10.8 Å². The number of rotatable bonds is 6. The van der Waals surface area contributed by atoms with Gasteiger partial charge in [0.05, 0.1) is 0 Å². The Hall–Kier alpha value is -0.650. The number of nitrogens with one attached hydrogen (secondary N) is 1. The summed E-state index contributed by atoms with van der Waals surface area (Å²) in [4.78, 5) is 12.8. The molecule has 0 amide bonds. The van der Waals surface area contributed by atoms with Crippen molar-refractivity contribution in [2.24, 2.45) is 5.73 Å². The summed E-state index contributed by atoms with van der Waals surface area (Å²) in [6.45, 7) is 1.16. The summed E-state index contributed by atoms with van der Waals surface area (Å²) in [5, 5.41) is 11.9. The van der Waals surface area contributed by atoms with Crippen LogP contribution in [0.3, 0.4) is 0 Å². The molecule has 0 spiro atoms. The lowest BCUT2D eigenvalue weighted by atomic mass is 9.96. The predicted molar refractivity (Wildman–Crippen MR) is 63.4 cm³/mol.